The van der Waals surface area contributed by atoms with Crippen LogP contribution in [-0.4, -0.2) is 16.1 Å². The van der Waals surface area contributed by atoms with Crippen LogP contribution in [0.1, 0.15) is 12.1 Å². The van der Waals surface area contributed by atoms with Crippen LogP contribution in [0, 0.1) is 15.9 Å². The van der Waals surface area contributed by atoms with Crippen LogP contribution < -0.4 is 5.73 Å². The summed E-state index contributed by atoms with van der Waals surface area (Å²) >= 11 is 0. The van der Waals surface area contributed by atoms with E-state index in [1.54, 1.807) is 0 Å². The summed E-state index contributed by atoms with van der Waals surface area (Å²) in [5.41, 5.74) is 2.89. The van der Waals surface area contributed by atoms with Gasteiger partial charge in [-0.05, 0) is 0 Å². The third kappa shape index (κ3) is 3.26. The van der Waals surface area contributed by atoms with E-state index in [-0.39, 0.29) is 0 Å². The van der Waals surface area contributed by atoms with E-state index in [1.807, 2.05) is 0 Å². The van der Waals surface area contributed by atoms with Gasteiger partial charge in [0.25, 0.3) is 0 Å². The minimum atomic E-state index is -4.47. The monoisotopic (exact) mass is 253 g/mol. The van der Waals surface area contributed by atoms with Gasteiger partial charge in [0, 0.05) is 12.8 Å². The van der Waals surface area contributed by atoms with Gasteiger partial charge in [0.05, 0.1) is 11.1 Å². The molecule has 0 atom stereocenters. The Balaban J connectivity index is 3.08. The molecule has 5 nitrogen and oxygen atoms in total. The molecular weight excluding hydrogens is 246 g/mol. The molecule has 1 aromatic rings. The van der Waals surface area contributed by atoms with Crippen molar-refractivity contribution in [2.24, 2.45) is 0 Å². The molecule has 0 radical (unpaired) electrons. The SMILES string of the molecule is Nc1c(F)cnc(CCC(F)(F)F)c1[N+](=O)[O-]. The van der Waals surface area contributed by atoms with Crippen molar-refractivity contribution < 1.29 is 22.5 Å². The van der Waals surface area contributed by atoms with Crippen LogP contribution in [0.2, 0.25) is 0 Å². The van der Waals surface area contributed by atoms with Crippen molar-refractivity contribution in [3.05, 3.63) is 27.8 Å². The summed E-state index contributed by atoms with van der Waals surface area (Å²) in [4.78, 5) is 12.8. The summed E-state index contributed by atoms with van der Waals surface area (Å²) in [6.45, 7) is 0. The second-order valence-electron chi connectivity index (χ2n) is 3.19. The Morgan fingerprint density at radius 1 is 1.47 bits per heavy atom. The maximum atomic E-state index is 12.9. The summed E-state index contributed by atoms with van der Waals surface area (Å²) in [5, 5.41) is 10.6. The Hall–Kier alpha value is -1.93. The number of rotatable bonds is 3. The fourth-order valence-electron chi connectivity index (χ4n) is 1.18. The van der Waals surface area contributed by atoms with E-state index in [4.69, 9.17) is 5.73 Å². The number of nitrogens with zero attached hydrogens (tertiary/aromatic N) is 2. The highest BCUT2D eigenvalue weighted by Gasteiger charge is 2.30. The highest BCUT2D eigenvalue weighted by Crippen LogP contribution is 2.30. The molecule has 17 heavy (non-hydrogen) atoms. The molecule has 1 aromatic heterocycles. The summed E-state index contributed by atoms with van der Waals surface area (Å²) in [6.07, 6.45) is -5.91. The summed E-state index contributed by atoms with van der Waals surface area (Å²) < 4.78 is 48.7. The lowest BCUT2D eigenvalue weighted by Crippen LogP contribution is -2.12. The minimum absolute atomic E-state index is 0.480. The van der Waals surface area contributed by atoms with E-state index < -0.39 is 46.8 Å². The molecule has 0 unspecified atom stereocenters. The van der Waals surface area contributed by atoms with Gasteiger partial charge in [-0.1, -0.05) is 0 Å². The molecule has 2 N–H and O–H groups in total. The molecule has 0 spiro atoms. The molecule has 0 aliphatic rings. The molecule has 0 saturated heterocycles. The third-order valence-electron chi connectivity index (χ3n) is 1.95. The number of hydrogen-bond acceptors (Lipinski definition) is 4. The number of nitro groups is 1. The number of halogens is 4. The second kappa shape index (κ2) is 4.52. The zero-order valence-electron chi connectivity index (χ0n) is 8.29. The fraction of sp³-hybridized carbons (Fsp3) is 0.375. The van der Waals surface area contributed by atoms with Crippen LogP contribution in [-0.2, 0) is 6.42 Å². The molecule has 0 fully saturated rings. The first-order chi connectivity index (χ1) is 7.72. The molecule has 0 aromatic carbocycles. The first-order valence-electron chi connectivity index (χ1n) is 4.36. The zero-order valence-corrected chi connectivity index (χ0v) is 8.29. The average Bonchev–Trinajstić information content (AvgIpc) is 2.18. The molecule has 0 amide bonds. The second-order valence-corrected chi connectivity index (χ2v) is 3.19. The molecule has 1 rings (SSSR count). The van der Waals surface area contributed by atoms with E-state index >= 15 is 0 Å². The van der Waals surface area contributed by atoms with Gasteiger partial charge in [0.1, 0.15) is 5.69 Å². The van der Waals surface area contributed by atoms with E-state index in [2.05, 4.69) is 4.98 Å². The van der Waals surface area contributed by atoms with Gasteiger partial charge in [0.2, 0.25) is 0 Å². The quantitative estimate of drug-likeness (QED) is 0.508. The summed E-state index contributed by atoms with van der Waals surface area (Å²) in [6, 6.07) is 0. The van der Waals surface area contributed by atoms with Crippen molar-refractivity contribution in [1.82, 2.24) is 4.98 Å². The van der Waals surface area contributed by atoms with Crippen molar-refractivity contribution in [3.63, 3.8) is 0 Å². The van der Waals surface area contributed by atoms with Crippen LogP contribution in [0.15, 0.2) is 6.20 Å². The topological polar surface area (TPSA) is 82.0 Å². The van der Waals surface area contributed by atoms with Crippen LogP contribution in [0.3, 0.4) is 0 Å². The standard InChI is InChI=1S/C8H7F4N3O2/c9-4-3-14-5(1-2-8(10,11)12)7(6(4)13)15(16)17/h3H,1-2H2,(H2,13,14). The Morgan fingerprint density at radius 2 is 2.06 bits per heavy atom. The lowest BCUT2D eigenvalue weighted by molar-refractivity contribution is -0.385. The number of nitrogen functional groups attached to an aromatic ring is 1. The normalized spacial score (nSPS) is 11.5. The molecule has 0 saturated carbocycles. The smallest absolute Gasteiger partial charge is 0.389 e. The third-order valence-corrected chi connectivity index (χ3v) is 1.95. The van der Waals surface area contributed by atoms with E-state index in [0.29, 0.717) is 6.20 Å². The van der Waals surface area contributed by atoms with Crippen LogP contribution >= 0.6 is 0 Å². The lowest BCUT2D eigenvalue weighted by atomic mass is 10.1. The maximum Gasteiger partial charge on any atom is 0.389 e. The van der Waals surface area contributed by atoms with Crippen molar-refractivity contribution in [2.45, 2.75) is 19.0 Å². The van der Waals surface area contributed by atoms with Crippen molar-refractivity contribution in [2.75, 3.05) is 5.73 Å². The highest BCUT2D eigenvalue weighted by atomic mass is 19.4. The van der Waals surface area contributed by atoms with Gasteiger partial charge in [-0.3, -0.25) is 15.1 Å². The molecule has 0 bridgehead atoms. The molecule has 0 aliphatic carbocycles. The number of nitrogens with two attached hydrogens (primary N) is 1. The average molecular weight is 253 g/mol. The number of alkyl halides is 3. The van der Waals surface area contributed by atoms with Gasteiger partial charge in [-0.25, -0.2) is 4.39 Å². The summed E-state index contributed by atoms with van der Waals surface area (Å²) in [7, 11) is 0. The van der Waals surface area contributed by atoms with Gasteiger partial charge >= 0.3 is 11.9 Å². The first-order valence-corrected chi connectivity index (χ1v) is 4.36. The van der Waals surface area contributed by atoms with Crippen molar-refractivity contribution in [1.29, 1.82) is 0 Å². The molecule has 94 valence electrons. The molecule has 9 heteroatoms. The Bertz CT molecular complexity index is 447. The lowest BCUT2D eigenvalue weighted by Gasteiger charge is -2.07. The predicted molar refractivity (Wildman–Crippen MR) is 49.6 cm³/mol. The Morgan fingerprint density at radius 3 is 2.53 bits per heavy atom. The van der Waals surface area contributed by atoms with Gasteiger partial charge in [0.15, 0.2) is 11.5 Å². The zero-order chi connectivity index (χ0) is 13.2. The van der Waals surface area contributed by atoms with Crippen LogP contribution in [0.4, 0.5) is 28.9 Å². The number of hydrogen-bond donors (Lipinski definition) is 1. The number of pyridine rings is 1. The Kier molecular flexibility index (Phi) is 3.49. The molecular formula is C8H7F4N3O2. The number of aryl methyl sites for hydroxylation is 1. The van der Waals surface area contributed by atoms with Crippen molar-refractivity contribution in [3.8, 4) is 0 Å². The van der Waals surface area contributed by atoms with Gasteiger partial charge in [-0.2, -0.15) is 13.2 Å². The van der Waals surface area contributed by atoms with E-state index in [0.717, 1.165) is 0 Å². The number of aromatic nitrogens is 1. The summed E-state index contributed by atoms with van der Waals surface area (Å²) in [5.74, 6) is -1.13. The van der Waals surface area contributed by atoms with Gasteiger partial charge in [-0.15, -0.1) is 0 Å². The minimum Gasteiger partial charge on any atom is -0.391 e. The van der Waals surface area contributed by atoms with Gasteiger partial charge < -0.3 is 5.73 Å². The molecule has 1 heterocycles. The van der Waals surface area contributed by atoms with E-state index in [1.165, 1.54) is 0 Å². The van der Waals surface area contributed by atoms with Crippen LogP contribution in [0.5, 0.6) is 0 Å². The predicted octanol–water partition coefficient (Wildman–Crippen LogP) is 2.21. The fourth-order valence-corrected chi connectivity index (χ4v) is 1.18. The Labute approximate surface area is 92.4 Å². The van der Waals surface area contributed by atoms with Crippen LogP contribution in [0.25, 0.3) is 0 Å². The van der Waals surface area contributed by atoms with Crippen molar-refractivity contribution >= 4 is 11.4 Å². The maximum absolute atomic E-state index is 12.9. The largest absolute Gasteiger partial charge is 0.391 e. The van der Waals surface area contributed by atoms with E-state index in [9.17, 15) is 27.7 Å². The highest BCUT2D eigenvalue weighted by molar-refractivity contribution is 5.60. The number of anilines is 1. The molecule has 0 aliphatic heterocycles. The first kappa shape index (κ1) is 13.1.